The predicted octanol–water partition coefficient (Wildman–Crippen LogP) is 3.66. The Morgan fingerprint density at radius 2 is 2.18 bits per heavy atom. The third-order valence-corrected chi connectivity index (χ3v) is 3.46. The lowest BCUT2D eigenvalue weighted by molar-refractivity contribution is 0.102. The first-order valence-electron chi connectivity index (χ1n) is 5.88. The summed E-state index contributed by atoms with van der Waals surface area (Å²) in [6.07, 6.45) is 1.16. The molecule has 0 fully saturated rings. The lowest BCUT2D eigenvalue weighted by Crippen LogP contribution is -2.03. The summed E-state index contributed by atoms with van der Waals surface area (Å²) >= 11 is 1.71. The fraction of sp³-hybridized carbons (Fsp3) is 0.500. The van der Waals surface area contributed by atoms with E-state index in [-0.39, 0.29) is 5.78 Å². The molecule has 1 aromatic carbocycles. The van der Waals surface area contributed by atoms with Gasteiger partial charge in [0.25, 0.3) is 0 Å². The number of methoxy groups -OCH3 is 1. The minimum Gasteiger partial charge on any atom is -0.497 e. The third kappa shape index (κ3) is 5.26. The summed E-state index contributed by atoms with van der Waals surface area (Å²) in [5, 5.41) is 0. The van der Waals surface area contributed by atoms with Crippen LogP contribution in [0.15, 0.2) is 24.3 Å². The normalized spacial score (nSPS) is 10.6. The van der Waals surface area contributed by atoms with E-state index in [0.717, 1.165) is 23.5 Å². The molecule has 0 saturated carbocycles. The van der Waals surface area contributed by atoms with Crippen LogP contribution in [0, 0.1) is 5.92 Å². The molecule has 0 N–H and O–H groups in total. The number of ether oxygens (including phenoxy) is 1. The van der Waals surface area contributed by atoms with Gasteiger partial charge in [0, 0.05) is 5.56 Å². The zero-order valence-corrected chi connectivity index (χ0v) is 11.5. The summed E-state index contributed by atoms with van der Waals surface area (Å²) < 4.78 is 5.10. The molecule has 1 rings (SSSR count). The zero-order chi connectivity index (χ0) is 12.7. The standard InChI is InChI=1S/C14H20O2S/c1-11(2)7-8-17-10-14(15)12-5-4-6-13(9-12)16-3/h4-6,9,11H,7-8,10H2,1-3H3. The number of ketones is 1. The maximum Gasteiger partial charge on any atom is 0.172 e. The van der Waals surface area contributed by atoms with Crippen LogP contribution in [0.3, 0.4) is 0 Å². The van der Waals surface area contributed by atoms with Gasteiger partial charge in [-0.2, -0.15) is 11.8 Å². The van der Waals surface area contributed by atoms with E-state index >= 15 is 0 Å². The first-order chi connectivity index (χ1) is 8.13. The highest BCUT2D eigenvalue weighted by Crippen LogP contribution is 2.16. The number of rotatable bonds is 7. The zero-order valence-electron chi connectivity index (χ0n) is 10.7. The molecule has 0 aliphatic rings. The van der Waals surface area contributed by atoms with Crippen LogP contribution in [0.25, 0.3) is 0 Å². The molecular weight excluding hydrogens is 232 g/mol. The van der Waals surface area contributed by atoms with Gasteiger partial charge in [-0.15, -0.1) is 0 Å². The van der Waals surface area contributed by atoms with Crippen molar-refractivity contribution >= 4 is 17.5 Å². The van der Waals surface area contributed by atoms with E-state index in [1.54, 1.807) is 24.9 Å². The van der Waals surface area contributed by atoms with Crippen molar-refractivity contribution < 1.29 is 9.53 Å². The molecule has 17 heavy (non-hydrogen) atoms. The molecule has 0 saturated heterocycles. The summed E-state index contributed by atoms with van der Waals surface area (Å²) in [4.78, 5) is 11.9. The van der Waals surface area contributed by atoms with Gasteiger partial charge in [0.15, 0.2) is 5.78 Å². The second-order valence-electron chi connectivity index (χ2n) is 4.39. The molecule has 0 spiro atoms. The van der Waals surface area contributed by atoms with Crippen molar-refractivity contribution in [2.75, 3.05) is 18.6 Å². The molecule has 0 bridgehead atoms. The lowest BCUT2D eigenvalue weighted by Gasteiger charge is -2.05. The van der Waals surface area contributed by atoms with Gasteiger partial charge in [-0.1, -0.05) is 26.0 Å². The van der Waals surface area contributed by atoms with Crippen molar-refractivity contribution in [2.45, 2.75) is 20.3 Å². The van der Waals surface area contributed by atoms with Gasteiger partial charge < -0.3 is 4.74 Å². The molecule has 0 aliphatic carbocycles. The highest BCUT2D eigenvalue weighted by molar-refractivity contribution is 7.99. The fourth-order valence-electron chi connectivity index (χ4n) is 1.36. The van der Waals surface area contributed by atoms with Gasteiger partial charge in [0.2, 0.25) is 0 Å². The maximum atomic E-state index is 11.9. The molecular formula is C14H20O2S. The van der Waals surface area contributed by atoms with Crippen LogP contribution in [0.4, 0.5) is 0 Å². The molecule has 3 heteroatoms. The Hall–Kier alpha value is -0.960. The first kappa shape index (κ1) is 14.1. The van der Waals surface area contributed by atoms with E-state index in [9.17, 15) is 4.79 Å². The number of carbonyl (C=O) groups is 1. The minimum absolute atomic E-state index is 0.178. The van der Waals surface area contributed by atoms with E-state index in [1.165, 1.54) is 0 Å². The Kier molecular flexibility index (Phi) is 6.12. The van der Waals surface area contributed by atoms with Crippen LogP contribution >= 0.6 is 11.8 Å². The molecule has 1 aromatic rings. The minimum atomic E-state index is 0.178. The molecule has 0 atom stereocenters. The number of hydrogen-bond donors (Lipinski definition) is 0. The molecule has 0 aromatic heterocycles. The van der Waals surface area contributed by atoms with Crippen LogP contribution in [-0.4, -0.2) is 24.4 Å². The Morgan fingerprint density at radius 3 is 2.82 bits per heavy atom. The average Bonchev–Trinajstić information content (AvgIpc) is 2.34. The van der Waals surface area contributed by atoms with E-state index in [1.807, 2.05) is 18.2 Å². The highest BCUT2D eigenvalue weighted by atomic mass is 32.2. The average molecular weight is 252 g/mol. The number of thioether (sulfide) groups is 1. The number of Topliss-reactive ketones (excluding diaryl/α,β-unsaturated/α-hetero) is 1. The van der Waals surface area contributed by atoms with E-state index in [0.29, 0.717) is 11.7 Å². The molecule has 0 unspecified atom stereocenters. The van der Waals surface area contributed by atoms with Crippen LogP contribution in [-0.2, 0) is 0 Å². The van der Waals surface area contributed by atoms with Crippen molar-refractivity contribution in [1.29, 1.82) is 0 Å². The molecule has 0 radical (unpaired) electrons. The first-order valence-corrected chi connectivity index (χ1v) is 7.04. The third-order valence-electron chi connectivity index (χ3n) is 2.46. The van der Waals surface area contributed by atoms with E-state index in [2.05, 4.69) is 13.8 Å². The second kappa shape index (κ2) is 7.38. The summed E-state index contributed by atoms with van der Waals surface area (Å²) in [5.74, 6) is 3.22. The molecule has 0 heterocycles. The van der Waals surface area contributed by atoms with Crippen molar-refractivity contribution in [3.63, 3.8) is 0 Å². The summed E-state index contributed by atoms with van der Waals surface area (Å²) in [7, 11) is 1.61. The van der Waals surface area contributed by atoms with Gasteiger partial charge in [-0.25, -0.2) is 0 Å². The molecule has 2 nitrogen and oxygen atoms in total. The van der Waals surface area contributed by atoms with Gasteiger partial charge in [0.1, 0.15) is 5.75 Å². The van der Waals surface area contributed by atoms with Crippen LogP contribution < -0.4 is 4.74 Å². The molecule has 0 amide bonds. The van der Waals surface area contributed by atoms with E-state index in [4.69, 9.17) is 4.74 Å². The number of hydrogen-bond acceptors (Lipinski definition) is 3. The van der Waals surface area contributed by atoms with Crippen molar-refractivity contribution in [1.82, 2.24) is 0 Å². The molecule has 94 valence electrons. The predicted molar refractivity (Wildman–Crippen MR) is 74.1 cm³/mol. The summed E-state index contributed by atoms with van der Waals surface area (Å²) in [6.45, 7) is 4.40. The smallest absolute Gasteiger partial charge is 0.172 e. The Labute approximate surface area is 108 Å². The van der Waals surface area contributed by atoms with Crippen LogP contribution in [0.1, 0.15) is 30.6 Å². The largest absolute Gasteiger partial charge is 0.497 e. The highest BCUT2D eigenvalue weighted by Gasteiger charge is 2.07. The molecule has 0 aliphatic heterocycles. The van der Waals surface area contributed by atoms with Gasteiger partial charge >= 0.3 is 0 Å². The van der Waals surface area contributed by atoms with E-state index < -0.39 is 0 Å². The Morgan fingerprint density at radius 1 is 1.41 bits per heavy atom. The lowest BCUT2D eigenvalue weighted by atomic mass is 10.1. The van der Waals surface area contributed by atoms with Gasteiger partial charge in [0.05, 0.1) is 12.9 Å². The Balaban J connectivity index is 2.41. The number of carbonyl (C=O) groups excluding carboxylic acids is 1. The summed E-state index contributed by atoms with van der Waals surface area (Å²) in [6, 6.07) is 7.34. The fourth-order valence-corrected chi connectivity index (χ4v) is 2.50. The topological polar surface area (TPSA) is 26.3 Å². The van der Waals surface area contributed by atoms with Crippen molar-refractivity contribution in [2.24, 2.45) is 5.92 Å². The summed E-state index contributed by atoms with van der Waals surface area (Å²) in [5.41, 5.74) is 0.737. The number of benzene rings is 1. The Bertz CT molecular complexity index is 361. The maximum absolute atomic E-state index is 11.9. The van der Waals surface area contributed by atoms with Crippen molar-refractivity contribution in [3.8, 4) is 5.75 Å². The van der Waals surface area contributed by atoms with Crippen molar-refractivity contribution in [3.05, 3.63) is 29.8 Å². The monoisotopic (exact) mass is 252 g/mol. The second-order valence-corrected chi connectivity index (χ2v) is 5.50. The van der Waals surface area contributed by atoms with Crippen LogP contribution in [0.5, 0.6) is 5.75 Å². The SMILES string of the molecule is COc1cccc(C(=O)CSCCC(C)C)c1. The van der Waals surface area contributed by atoms with Crippen LogP contribution in [0.2, 0.25) is 0 Å². The van der Waals surface area contributed by atoms with Gasteiger partial charge in [-0.3, -0.25) is 4.79 Å². The van der Waals surface area contributed by atoms with Gasteiger partial charge in [-0.05, 0) is 30.2 Å². The quantitative estimate of drug-likeness (QED) is 0.547.